The third kappa shape index (κ3) is 3.17. The zero-order chi connectivity index (χ0) is 16.6. The highest BCUT2D eigenvalue weighted by Gasteiger charge is 2.27. The van der Waals surface area contributed by atoms with Gasteiger partial charge in [0.2, 0.25) is 0 Å². The van der Waals surface area contributed by atoms with Crippen molar-refractivity contribution in [1.29, 1.82) is 0 Å². The summed E-state index contributed by atoms with van der Waals surface area (Å²) in [7, 11) is 0. The molecule has 6 nitrogen and oxygen atoms in total. The van der Waals surface area contributed by atoms with Crippen LogP contribution in [0.3, 0.4) is 0 Å². The van der Waals surface area contributed by atoms with Crippen LogP contribution in [-0.4, -0.2) is 38.7 Å². The molecule has 1 aliphatic heterocycles. The van der Waals surface area contributed by atoms with E-state index in [0.29, 0.717) is 18.7 Å². The van der Waals surface area contributed by atoms with Gasteiger partial charge in [0.05, 0.1) is 17.3 Å². The number of nitrogens with zero attached hydrogens (tertiary/aromatic N) is 3. The Morgan fingerprint density at radius 2 is 2.17 bits per heavy atom. The molecule has 0 unspecified atom stereocenters. The number of likely N-dealkylation sites (tertiary alicyclic amines) is 1. The molecule has 1 saturated heterocycles. The third-order valence-corrected chi connectivity index (χ3v) is 4.46. The molecule has 0 aliphatic carbocycles. The lowest BCUT2D eigenvalue weighted by Crippen LogP contribution is -2.41. The summed E-state index contributed by atoms with van der Waals surface area (Å²) >= 11 is 5.82. The highest BCUT2D eigenvalue weighted by atomic mass is 35.5. The van der Waals surface area contributed by atoms with Gasteiger partial charge < -0.3 is 9.88 Å². The van der Waals surface area contributed by atoms with Gasteiger partial charge in [-0.25, -0.2) is 0 Å². The number of nitrogens with one attached hydrogen (secondary N) is 1. The van der Waals surface area contributed by atoms with E-state index in [1.54, 1.807) is 4.90 Å². The van der Waals surface area contributed by atoms with E-state index in [1.807, 2.05) is 24.6 Å². The van der Waals surface area contributed by atoms with E-state index < -0.39 is 0 Å². The Hall–Kier alpha value is -2.08. The number of aryl methyl sites for hydroxylation is 2. The van der Waals surface area contributed by atoms with Crippen LogP contribution in [0, 0.1) is 13.8 Å². The first-order chi connectivity index (χ1) is 11.0. The maximum Gasteiger partial charge on any atom is 0.266 e. The van der Waals surface area contributed by atoms with Gasteiger partial charge in [-0.15, -0.1) is 0 Å². The van der Waals surface area contributed by atoms with Gasteiger partial charge in [-0.05, 0) is 38.8 Å². The Balaban J connectivity index is 1.80. The van der Waals surface area contributed by atoms with E-state index in [2.05, 4.69) is 10.1 Å². The molecule has 1 fully saturated rings. The van der Waals surface area contributed by atoms with E-state index in [1.165, 1.54) is 12.3 Å². The molecule has 2 aromatic rings. The van der Waals surface area contributed by atoms with Gasteiger partial charge in [0, 0.05) is 25.0 Å². The minimum Gasteiger partial charge on any atom is -0.336 e. The van der Waals surface area contributed by atoms with Gasteiger partial charge in [0.15, 0.2) is 0 Å². The third-order valence-electron chi connectivity index (χ3n) is 4.18. The predicted molar refractivity (Wildman–Crippen MR) is 87.9 cm³/mol. The molecule has 0 bridgehead atoms. The molecule has 7 heteroatoms. The topological polar surface area (TPSA) is 71.0 Å². The lowest BCUT2D eigenvalue weighted by atomic mass is 10.0. The number of amides is 1. The Kier molecular flexibility index (Phi) is 4.26. The summed E-state index contributed by atoms with van der Waals surface area (Å²) in [5.74, 6) is -0.116. The molecule has 2 aromatic heterocycles. The van der Waals surface area contributed by atoms with Crippen molar-refractivity contribution in [3.8, 4) is 0 Å². The molecule has 1 aliphatic rings. The zero-order valence-electron chi connectivity index (χ0n) is 13.2. The van der Waals surface area contributed by atoms with Crippen molar-refractivity contribution in [3.63, 3.8) is 0 Å². The maximum absolute atomic E-state index is 12.6. The van der Waals surface area contributed by atoms with Crippen LogP contribution in [0.1, 0.15) is 40.6 Å². The van der Waals surface area contributed by atoms with E-state index >= 15 is 0 Å². The highest BCUT2D eigenvalue weighted by Crippen LogP contribution is 2.24. The summed E-state index contributed by atoms with van der Waals surface area (Å²) < 4.78 is 2.01. The summed E-state index contributed by atoms with van der Waals surface area (Å²) in [6.45, 7) is 5.31. The molecule has 23 heavy (non-hydrogen) atoms. The fourth-order valence-electron chi connectivity index (χ4n) is 3.12. The van der Waals surface area contributed by atoms with Crippen LogP contribution >= 0.6 is 11.6 Å². The molecule has 1 N–H and O–H groups in total. The number of pyridine rings is 1. The van der Waals surface area contributed by atoms with Crippen LogP contribution in [0.4, 0.5) is 0 Å². The molecular weight excluding hydrogens is 316 g/mol. The molecule has 3 heterocycles. The molecule has 122 valence electrons. The second-order valence-electron chi connectivity index (χ2n) is 5.98. The molecule has 1 amide bonds. The van der Waals surface area contributed by atoms with Crippen molar-refractivity contribution >= 4 is 17.5 Å². The summed E-state index contributed by atoms with van der Waals surface area (Å²) in [4.78, 5) is 28.3. The van der Waals surface area contributed by atoms with Crippen LogP contribution in [0.25, 0.3) is 0 Å². The minimum atomic E-state index is -0.387. The van der Waals surface area contributed by atoms with Crippen molar-refractivity contribution in [1.82, 2.24) is 19.7 Å². The molecule has 0 aromatic carbocycles. The van der Waals surface area contributed by atoms with E-state index in [9.17, 15) is 9.59 Å². The number of rotatable bonds is 2. The molecule has 0 saturated carbocycles. The highest BCUT2D eigenvalue weighted by molar-refractivity contribution is 6.30. The van der Waals surface area contributed by atoms with Crippen LogP contribution in [0.5, 0.6) is 0 Å². The number of H-pyrrole nitrogens is 1. The molecule has 0 spiro atoms. The monoisotopic (exact) mass is 334 g/mol. The van der Waals surface area contributed by atoms with E-state index in [0.717, 1.165) is 24.2 Å². The quantitative estimate of drug-likeness (QED) is 0.916. The van der Waals surface area contributed by atoms with Crippen molar-refractivity contribution < 1.29 is 4.79 Å². The average molecular weight is 335 g/mol. The van der Waals surface area contributed by atoms with Crippen LogP contribution in [-0.2, 0) is 0 Å². The van der Waals surface area contributed by atoms with Gasteiger partial charge in [0.25, 0.3) is 11.5 Å². The van der Waals surface area contributed by atoms with E-state index in [4.69, 9.17) is 11.6 Å². The lowest BCUT2D eigenvalue weighted by molar-refractivity contribution is 0.0671. The lowest BCUT2D eigenvalue weighted by Gasteiger charge is -2.33. The number of hydrogen-bond acceptors (Lipinski definition) is 3. The largest absolute Gasteiger partial charge is 0.336 e. The van der Waals surface area contributed by atoms with Gasteiger partial charge >= 0.3 is 0 Å². The Morgan fingerprint density at radius 1 is 1.39 bits per heavy atom. The fraction of sp³-hybridized carbons (Fsp3) is 0.438. The van der Waals surface area contributed by atoms with Crippen LogP contribution in [0.2, 0.25) is 5.02 Å². The number of hydrogen-bond donors (Lipinski definition) is 1. The number of carbonyl (C=O) groups is 1. The molecular formula is C16H19ClN4O2. The Labute approximate surface area is 139 Å². The van der Waals surface area contributed by atoms with Crippen molar-refractivity contribution in [3.05, 3.63) is 50.7 Å². The Morgan fingerprint density at radius 3 is 2.83 bits per heavy atom. The fourth-order valence-corrected chi connectivity index (χ4v) is 3.29. The smallest absolute Gasteiger partial charge is 0.266 e. The minimum absolute atomic E-state index is 0.0305. The number of piperidine rings is 1. The summed E-state index contributed by atoms with van der Waals surface area (Å²) in [5.41, 5.74) is 2.11. The number of halogens is 1. The summed E-state index contributed by atoms with van der Waals surface area (Å²) in [5, 5.41) is 4.57. The van der Waals surface area contributed by atoms with Crippen molar-refractivity contribution in [2.75, 3.05) is 13.1 Å². The molecule has 0 radical (unpaired) electrons. The molecule has 1 atom stereocenters. The van der Waals surface area contributed by atoms with Crippen LogP contribution in [0.15, 0.2) is 23.1 Å². The van der Waals surface area contributed by atoms with Gasteiger partial charge in [-0.2, -0.15) is 5.10 Å². The second kappa shape index (κ2) is 6.20. The number of aromatic amines is 1. The second-order valence-corrected chi connectivity index (χ2v) is 6.39. The number of aromatic nitrogens is 3. The van der Waals surface area contributed by atoms with Crippen molar-refractivity contribution in [2.24, 2.45) is 0 Å². The normalized spacial score (nSPS) is 18.2. The maximum atomic E-state index is 12.6. The first-order valence-electron chi connectivity index (χ1n) is 7.66. The Bertz CT molecular complexity index is 796. The molecule has 3 rings (SSSR count). The average Bonchev–Trinajstić information content (AvgIpc) is 2.88. The zero-order valence-corrected chi connectivity index (χ0v) is 13.9. The summed E-state index contributed by atoms with van der Waals surface area (Å²) in [6.07, 6.45) is 3.34. The number of carbonyl (C=O) groups excluding carboxylic acids is 1. The predicted octanol–water partition coefficient (Wildman–Crippen LogP) is 2.32. The first kappa shape index (κ1) is 15.8. The first-order valence-corrected chi connectivity index (χ1v) is 8.04. The van der Waals surface area contributed by atoms with Crippen molar-refractivity contribution in [2.45, 2.75) is 32.7 Å². The van der Waals surface area contributed by atoms with E-state index in [-0.39, 0.29) is 22.5 Å². The SMILES string of the molecule is Cc1cc(C)n([C@@H]2CCCN(C(=O)c3c[nH]c(=O)c(Cl)c3)C2)n1. The summed E-state index contributed by atoms with van der Waals surface area (Å²) in [6, 6.07) is 3.65. The van der Waals surface area contributed by atoms with Gasteiger partial charge in [-0.1, -0.05) is 11.6 Å². The van der Waals surface area contributed by atoms with Gasteiger partial charge in [0.1, 0.15) is 5.02 Å². The van der Waals surface area contributed by atoms with Gasteiger partial charge in [-0.3, -0.25) is 14.3 Å². The van der Waals surface area contributed by atoms with Crippen LogP contribution < -0.4 is 5.56 Å². The standard InChI is InChI=1S/C16H19ClN4O2/c1-10-6-11(2)21(19-10)13-4-3-5-20(9-13)16(23)12-7-14(17)15(22)18-8-12/h6-8,13H,3-5,9H2,1-2H3,(H,18,22)/t13-/m1/s1.